The Labute approximate surface area is 110 Å². The van der Waals surface area contributed by atoms with Crippen LogP contribution in [-0.2, 0) is 9.53 Å². The van der Waals surface area contributed by atoms with Gasteiger partial charge in [0.1, 0.15) is 13.2 Å². The Morgan fingerprint density at radius 3 is 2.33 bits per heavy atom. The number of hydrogen-bond donors (Lipinski definition) is 1. The van der Waals surface area contributed by atoms with E-state index in [1.807, 2.05) is 13.8 Å². The van der Waals surface area contributed by atoms with Gasteiger partial charge in [0.15, 0.2) is 0 Å². The van der Waals surface area contributed by atoms with Crippen molar-refractivity contribution in [3.05, 3.63) is 0 Å². The maximum Gasteiger partial charge on any atom is 0.411 e. The maximum absolute atomic E-state index is 11.7. The molecule has 0 aromatic rings. The van der Waals surface area contributed by atoms with Crippen LogP contribution in [-0.4, -0.2) is 37.2 Å². The molecule has 0 bridgehead atoms. The first-order valence-electron chi connectivity index (χ1n) is 5.85. The largest absolute Gasteiger partial charge is 0.411 e. The Balaban J connectivity index is 3.76. The van der Waals surface area contributed by atoms with Crippen molar-refractivity contribution in [1.82, 2.24) is 5.32 Å². The molecule has 1 atom stereocenters. The molecule has 0 aliphatic rings. The normalized spacial score (nSPS) is 13.7. The average Bonchev–Trinajstić information content (AvgIpc) is 2.26. The van der Waals surface area contributed by atoms with Crippen LogP contribution in [0.2, 0.25) is 0 Å². The van der Waals surface area contributed by atoms with E-state index >= 15 is 0 Å². The summed E-state index contributed by atoms with van der Waals surface area (Å²) < 4.78 is 39.4. The van der Waals surface area contributed by atoms with Crippen molar-refractivity contribution in [3.63, 3.8) is 0 Å². The smallest absolute Gasteiger partial charge is 0.362 e. The molecule has 108 valence electrons. The molecule has 1 N–H and O–H groups in total. The summed E-state index contributed by atoms with van der Waals surface area (Å²) in [5.74, 6) is -0.307. The topological polar surface area (TPSA) is 38.3 Å². The number of rotatable bonds is 8. The molecular weight excluding hydrogens is 271 g/mol. The van der Waals surface area contributed by atoms with Crippen molar-refractivity contribution in [2.24, 2.45) is 5.92 Å². The molecule has 0 aliphatic heterocycles. The lowest BCUT2D eigenvalue weighted by Gasteiger charge is -2.19. The van der Waals surface area contributed by atoms with E-state index in [0.717, 1.165) is 12.8 Å². The van der Waals surface area contributed by atoms with Gasteiger partial charge in [-0.25, -0.2) is 0 Å². The number of carbonyl (C=O) groups is 1. The summed E-state index contributed by atoms with van der Waals surface area (Å²) in [4.78, 5) is 11.2. The van der Waals surface area contributed by atoms with E-state index in [1.54, 1.807) is 0 Å². The van der Waals surface area contributed by atoms with Crippen LogP contribution in [0.5, 0.6) is 0 Å². The van der Waals surface area contributed by atoms with Crippen LogP contribution in [0.1, 0.15) is 26.7 Å². The van der Waals surface area contributed by atoms with Gasteiger partial charge in [-0.05, 0) is 5.92 Å². The van der Waals surface area contributed by atoms with E-state index in [1.165, 1.54) is 0 Å². The van der Waals surface area contributed by atoms with Crippen LogP contribution in [0.4, 0.5) is 13.2 Å². The van der Waals surface area contributed by atoms with Crippen LogP contribution >= 0.6 is 11.6 Å². The number of hydrogen-bond acceptors (Lipinski definition) is 2. The zero-order chi connectivity index (χ0) is 14.2. The molecule has 0 fully saturated rings. The average molecular weight is 290 g/mol. The van der Waals surface area contributed by atoms with Gasteiger partial charge in [0.05, 0.1) is 5.38 Å². The summed E-state index contributed by atoms with van der Waals surface area (Å²) in [6, 6.07) is 0. The number of ether oxygens (including phenoxy) is 1. The van der Waals surface area contributed by atoms with Gasteiger partial charge < -0.3 is 10.1 Å². The summed E-state index contributed by atoms with van der Waals surface area (Å²) in [6.07, 6.45) is -2.62. The first-order valence-corrected chi connectivity index (χ1v) is 6.29. The third-order valence-corrected chi connectivity index (χ3v) is 3.06. The Morgan fingerprint density at radius 2 is 1.89 bits per heavy atom. The monoisotopic (exact) mass is 289 g/mol. The summed E-state index contributed by atoms with van der Waals surface area (Å²) in [6.45, 7) is 2.21. The summed E-state index contributed by atoms with van der Waals surface area (Å²) >= 11 is 6.06. The minimum atomic E-state index is -4.41. The van der Waals surface area contributed by atoms with Crippen LogP contribution in [0.25, 0.3) is 0 Å². The number of alkyl halides is 4. The minimum absolute atomic E-state index is 0.216. The SMILES string of the molecule is CCC(CC)C(Cl)CNC(=O)COCC(F)(F)F. The fourth-order valence-corrected chi connectivity index (χ4v) is 1.92. The van der Waals surface area contributed by atoms with Crippen molar-refractivity contribution in [1.29, 1.82) is 0 Å². The van der Waals surface area contributed by atoms with Gasteiger partial charge in [0, 0.05) is 6.54 Å². The highest BCUT2D eigenvalue weighted by molar-refractivity contribution is 6.21. The van der Waals surface area contributed by atoms with Gasteiger partial charge in [-0.2, -0.15) is 13.2 Å². The third kappa shape index (κ3) is 8.58. The second-order valence-electron chi connectivity index (χ2n) is 4.00. The van der Waals surface area contributed by atoms with Gasteiger partial charge in [-0.3, -0.25) is 4.79 Å². The van der Waals surface area contributed by atoms with Crippen molar-refractivity contribution >= 4 is 17.5 Å². The minimum Gasteiger partial charge on any atom is -0.362 e. The zero-order valence-electron chi connectivity index (χ0n) is 10.5. The van der Waals surface area contributed by atoms with Crippen LogP contribution in [0, 0.1) is 5.92 Å². The molecular formula is C11H19ClF3NO2. The van der Waals surface area contributed by atoms with Crippen molar-refractivity contribution < 1.29 is 22.7 Å². The van der Waals surface area contributed by atoms with Gasteiger partial charge in [-0.15, -0.1) is 11.6 Å². The molecule has 0 spiro atoms. The van der Waals surface area contributed by atoms with E-state index in [0.29, 0.717) is 0 Å². The lowest BCUT2D eigenvalue weighted by Crippen LogP contribution is -2.36. The maximum atomic E-state index is 11.7. The molecule has 0 heterocycles. The Kier molecular flexibility index (Phi) is 8.35. The first kappa shape index (κ1) is 17.5. The highest BCUT2D eigenvalue weighted by Crippen LogP contribution is 2.17. The summed E-state index contributed by atoms with van der Waals surface area (Å²) in [7, 11) is 0. The van der Waals surface area contributed by atoms with Gasteiger partial charge in [0.2, 0.25) is 5.91 Å². The van der Waals surface area contributed by atoms with E-state index in [4.69, 9.17) is 11.6 Å². The third-order valence-electron chi connectivity index (χ3n) is 2.55. The Morgan fingerprint density at radius 1 is 1.33 bits per heavy atom. The summed E-state index contributed by atoms with van der Waals surface area (Å²) in [5, 5.41) is 2.24. The highest BCUT2D eigenvalue weighted by Gasteiger charge is 2.27. The van der Waals surface area contributed by atoms with Crippen molar-refractivity contribution in [3.8, 4) is 0 Å². The molecule has 7 heteroatoms. The molecule has 0 aromatic heterocycles. The molecule has 0 radical (unpaired) electrons. The van der Waals surface area contributed by atoms with E-state index in [-0.39, 0.29) is 17.8 Å². The molecule has 0 aromatic carbocycles. The fourth-order valence-electron chi connectivity index (χ4n) is 1.49. The molecule has 0 rings (SSSR count). The van der Waals surface area contributed by atoms with Gasteiger partial charge in [-0.1, -0.05) is 26.7 Å². The van der Waals surface area contributed by atoms with Crippen molar-refractivity contribution in [2.75, 3.05) is 19.8 Å². The van der Waals surface area contributed by atoms with Crippen LogP contribution < -0.4 is 5.32 Å². The second kappa shape index (κ2) is 8.58. The predicted octanol–water partition coefficient (Wildman–Crippen LogP) is 2.73. The standard InChI is InChI=1S/C11H19ClF3NO2/c1-3-8(4-2)9(12)5-16-10(17)6-18-7-11(13,14)15/h8-9H,3-7H2,1-2H3,(H,16,17). The number of halogens is 4. The van der Waals surface area contributed by atoms with Gasteiger partial charge >= 0.3 is 6.18 Å². The predicted molar refractivity (Wildman–Crippen MR) is 63.6 cm³/mol. The quantitative estimate of drug-likeness (QED) is 0.698. The number of nitrogens with one attached hydrogen (secondary N) is 1. The lowest BCUT2D eigenvalue weighted by molar-refractivity contribution is -0.175. The van der Waals surface area contributed by atoms with Crippen LogP contribution in [0.3, 0.4) is 0 Å². The van der Waals surface area contributed by atoms with E-state index in [9.17, 15) is 18.0 Å². The Hall–Kier alpha value is -0.490. The highest BCUT2D eigenvalue weighted by atomic mass is 35.5. The molecule has 0 aliphatic carbocycles. The molecule has 0 saturated heterocycles. The van der Waals surface area contributed by atoms with Crippen molar-refractivity contribution in [2.45, 2.75) is 38.2 Å². The zero-order valence-corrected chi connectivity index (χ0v) is 11.3. The van der Waals surface area contributed by atoms with E-state index in [2.05, 4.69) is 10.1 Å². The first-order chi connectivity index (χ1) is 8.30. The van der Waals surface area contributed by atoms with E-state index < -0.39 is 25.3 Å². The molecule has 18 heavy (non-hydrogen) atoms. The molecule has 3 nitrogen and oxygen atoms in total. The van der Waals surface area contributed by atoms with Gasteiger partial charge in [0.25, 0.3) is 0 Å². The molecule has 1 amide bonds. The molecule has 0 saturated carbocycles. The number of amides is 1. The number of carbonyl (C=O) groups excluding carboxylic acids is 1. The lowest BCUT2D eigenvalue weighted by atomic mass is 9.99. The Bertz CT molecular complexity index is 245. The second-order valence-corrected chi connectivity index (χ2v) is 4.57. The van der Waals surface area contributed by atoms with Crippen LogP contribution in [0.15, 0.2) is 0 Å². The fraction of sp³-hybridized carbons (Fsp3) is 0.909. The summed E-state index contributed by atoms with van der Waals surface area (Å²) in [5.41, 5.74) is 0. The molecule has 1 unspecified atom stereocenters.